The Morgan fingerprint density at radius 2 is 1.96 bits per heavy atom. The Kier molecular flexibility index (Phi) is 6.87. The molecule has 0 radical (unpaired) electrons. The predicted octanol–water partition coefficient (Wildman–Crippen LogP) is 3.77. The Morgan fingerprint density at radius 1 is 1.18 bits per heavy atom. The first kappa shape index (κ1) is 20.1. The fourth-order valence-electron chi connectivity index (χ4n) is 3.44. The lowest BCUT2D eigenvalue weighted by Gasteiger charge is -2.33. The van der Waals surface area contributed by atoms with Crippen molar-refractivity contribution >= 4 is 5.91 Å². The average molecular weight is 387 g/mol. The van der Waals surface area contributed by atoms with E-state index >= 15 is 0 Å². The SMILES string of the molecule is COc1ccc(CCCC(=O)N2CCOC(c3ccccc3F)C2)cc1OC. The van der Waals surface area contributed by atoms with Gasteiger partial charge in [-0.05, 0) is 36.6 Å². The maximum Gasteiger partial charge on any atom is 0.222 e. The van der Waals surface area contributed by atoms with Crippen LogP contribution >= 0.6 is 0 Å². The highest BCUT2D eigenvalue weighted by Gasteiger charge is 2.26. The normalized spacial score (nSPS) is 16.7. The van der Waals surface area contributed by atoms with E-state index in [1.165, 1.54) is 6.07 Å². The topological polar surface area (TPSA) is 48.0 Å². The van der Waals surface area contributed by atoms with Crippen molar-refractivity contribution < 1.29 is 23.4 Å². The van der Waals surface area contributed by atoms with Crippen LogP contribution in [0.15, 0.2) is 42.5 Å². The van der Waals surface area contributed by atoms with Gasteiger partial charge in [0.1, 0.15) is 11.9 Å². The van der Waals surface area contributed by atoms with E-state index in [-0.39, 0.29) is 11.7 Å². The Labute approximate surface area is 165 Å². The van der Waals surface area contributed by atoms with E-state index in [2.05, 4.69) is 0 Å². The van der Waals surface area contributed by atoms with Gasteiger partial charge in [-0.25, -0.2) is 4.39 Å². The average Bonchev–Trinajstić information content (AvgIpc) is 2.74. The second kappa shape index (κ2) is 9.55. The number of carbonyl (C=O) groups is 1. The molecule has 1 atom stereocenters. The molecular formula is C22H26FNO4. The molecule has 1 aliphatic heterocycles. The molecule has 1 amide bonds. The Hall–Kier alpha value is -2.60. The summed E-state index contributed by atoms with van der Waals surface area (Å²) in [5, 5.41) is 0. The summed E-state index contributed by atoms with van der Waals surface area (Å²) in [4.78, 5) is 14.4. The third-order valence-electron chi connectivity index (χ3n) is 4.98. The van der Waals surface area contributed by atoms with Crippen molar-refractivity contribution in [2.75, 3.05) is 33.9 Å². The van der Waals surface area contributed by atoms with Crippen LogP contribution in [0, 0.1) is 5.82 Å². The summed E-state index contributed by atoms with van der Waals surface area (Å²) in [7, 11) is 3.21. The second-order valence-corrected chi connectivity index (χ2v) is 6.76. The molecule has 1 saturated heterocycles. The van der Waals surface area contributed by atoms with Gasteiger partial charge in [0.25, 0.3) is 0 Å². The summed E-state index contributed by atoms with van der Waals surface area (Å²) in [6.07, 6.45) is 1.53. The smallest absolute Gasteiger partial charge is 0.222 e. The predicted molar refractivity (Wildman–Crippen MR) is 104 cm³/mol. The highest BCUT2D eigenvalue weighted by molar-refractivity contribution is 5.76. The molecular weight excluding hydrogens is 361 g/mol. The number of morpholine rings is 1. The molecule has 5 nitrogen and oxygen atoms in total. The molecule has 2 aromatic rings. The number of halogens is 1. The zero-order chi connectivity index (χ0) is 19.9. The van der Waals surface area contributed by atoms with Gasteiger partial charge < -0.3 is 19.1 Å². The van der Waals surface area contributed by atoms with Crippen LogP contribution in [0.2, 0.25) is 0 Å². The first-order valence-corrected chi connectivity index (χ1v) is 9.47. The fourth-order valence-corrected chi connectivity index (χ4v) is 3.44. The summed E-state index contributed by atoms with van der Waals surface area (Å²) in [5.74, 6) is 1.16. The molecule has 0 bridgehead atoms. The number of amides is 1. The van der Waals surface area contributed by atoms with Crippen molar-refractivity contribution in [2.45, 2.75) is 25.4 Å². The largest absolute Gasteiger partial charge is 0.493 e. The number of hydrogen-bond donors (Lipinski definition) is 0. The van der Waals surface area contributed by atoms with Crippen molar-refractivity contribution in [3.8, 4) is 11.5 Å². The number of aryl methyl sites for hydroxylation is 1. The van der Waals surface area contributed by atoms with Gasteiger partial charge >= 0.3 is 0 Å². The third-order valence-corrected chi connectivity index (χ3v) is 4.98. The van der Waals surface area contributed by atoms with E-state index < -0.39 is 6.10 Å². The van der Waals surface area contributed by atoms with E-state index in [4.69, 9.17) is 14.2 Å². The van der Waals surface area contributed by atoms with Gasteiger partial charge in [0, 0.05) is 18.5 Å². The minimum Gasteiger partial charge on any atom is -0.493 e. The molecule has 1 aliphatic rings. The molecule has 6 heteroatoms. The molecule has 1 fully saturated rings. The van der Waals surface area contributed by atoms with E-state index in [0.29, 0.717) is 43.2 Å². The van der Waals surface area contributed by atoms with Crippen LogP contribution in [0.1, 0.15) is 30.1 Å². The molecule has 2 aromatic carbocycles. The van der Waals surface area contributed by atoms with Crippen LogP contribution in [-0.4, -0.2) is 44.7 Å². The summed E-state index contributed by atoms with van der Waals surface area (Å²) < 4.78 is 30.3. The molecule has 150 valence electrons. The van der Waals surface area contributed by atoms with Crippen LogP contribution in [0.3, 0.4) is 0 Å². The van der Waals surface area contributed by atoms with Crippen molar-refractivity contribution in [3.05, 3.63) is 59.4 Å². The monoisotopic (exact) mass is 387 g/mol. The number of ether oxygens (including phenoxy) is 3. The molecule has 1 heterocycles. The number of methoxy groups -OCH3 is 2. The molecule has 0 saturated carbocycles. The number of rotatable bonds is 7. The number of benzene rings is 2. The van der Waals surface area contributed by atoms with Crippen molar-refractivity contribution in [1.29, 1.82) is 0 Å². The molecule has 0 aliphatic carbocycles. The first-order chi connectivity index (χ1) is 13.6. The summed E-state index contributed by atoms with van der Waals surface area (Å²) in [6.45, 7) is 1.34. The lowest BCUT2D eigenvalue weighted by atomic mass is 10.1. The van der Waals surface area contributed by atoms with Gasteiger partial charge in [-0.2, -0.15) is 0 Å². The molecule has 1 unspecified atom stereocenters. The van der Waals surface area contributed by atoms with Crippen molar-refractivity contribution in [2.24, 2.45) is 0 Å². The van der Waals surface area contributed by atoms with Crippen LogP contribution in [-0.2, 0) is 16.0 Å². The minimum atomic E-state index is -0.412. The maximum atomic E-state index is 14.0. The van der Waals surface area contributed by atoms with Crippen molar-refractivity contribution in [3.63, 3.8) is 0 Å². The zero-order valence-electron chi connectivity index (χ0n) is 16.3. The van der Waals surface area contributed by atoms with E-state index in [9.17, 15) is 9.18 Å². The van der Waals surface area contributed by atoms with Crippen molar-refractivity contribution in [1.82, 2.24) is 4.90 Å². The van der Waals surface area contributed by atoms with E-state index in [1.807, 2.05) is 18.2 Å². The quantitative estimate of drug-likeness (QED) is 0.726. The number of hydrogen-bond acceptors (Lipinski definition) is 4. The van der Waals surface area contributed by atoms with Crippen LogP contribution in [0.25, 0.3) is 0 Å². The van der Waals surface area contributed by atoms with Gasteiger partial charge in [-0.1, -0.05) is 24.3 Å². The van der Waals surface area contributed by atoms with Gasteiger partial charge in [0.05, 0.1) is 27.4 Å². The fraction of sp³-hybridized carbons (Fsp3) is 0.409. The molecule has 0 aromatic heterocycles. The maximum absolute atomic E-state index is 14.0. The standard InChI is InChI=1S/C22H26FNO4/c1-26-19-11-10-16(14-20(19)27-2)6-5-9-22(25)24-12-13-28-21(15-24)17-7-3-4-8-18(17)23/h3-4,7-8,10-11,14,21H,5-6,9,12-13,15H2,1-2H3. The summed E-state index contributed by atoms with van der Waals surface area (Å²) in [5.41, 5.74) is 1.60. The minimum absolute atomic E-state index is 0.0742. The Bertz CT molecular complexity index is 811. The third kappa shape index (κ3) is 4.81. The lowest BCUT2D eigenvalue weighted by molar-refractivity contribution is -0.139. The van der Waals surface area contributed by atoms with Crippen LogP contribution in [0.4, 0.5) is 4.39 Å². The number of carbonyl (C=O) groups excluding carboxylic acids is 1. The van der Waals surface area contributed by atoms with Gasteiger partial charge in [-0.15, -0.1) is 0 Å². The summed E-state index contributed by atoms with van der Waals surface area (Å²) in [6, 6.07) is 12.4. The van der Waals surface area contributed by atoms with E-state index in [0.717, 1.165) is 18.4 Å². The molecule has 0 N–H and O–H groups in total. The highest BCUT2D eigenvalue weighted by atomic mass is 19.1. The van der Waals surface area contributed by atoms with Crippen LogP contribution in [0.5, 0.6) is 11.5 Å². The summed E-state index contributed by atoms with van der Waals surface area (Å²) >= 11 is 0. The zero-order valence-corrected chi connectivity index (χ0v) is 16.3. The molecule has 0 spiro atoms. The Balaban J connectivity index is 1.53. The van der Waals surface area contributed by atoms with Crippen LogP contribution < -0.4 is 9.47 Å². The highest BCUT2D eigenvalue weighted by Crippen LogP contribution is 2.28. The molecule has 28 heavy (non-hydrogen) atoms. The second-order valence-electron chi connectivity index (χ2n) is 6.76. The first-order valence-electron chi connectivity index (χ1n) is 9.47. The number of nitrogens with zero attached hydrogens (tertiary/aromatic N) is 1. The molecule has 3 rings (SSSR count). The van der Waals surface area contributed by atoms with Gasteiger partial charge in [-0.3, -0.25) is 4.79 Å². The lowest BCUT2D eigenvalue weighted by Crippen LogP contribution is -2.42. The Morgan fingerprint density at radius 3 is 2.71 bits per heavy atom. The van der Waals surface area contributed by atoms with E-state index in [1.54, 1.807) is 37.3 Å². The van der Waals surface area contributed by atoms with Gasteiger partial charge in [0.2, 0.25) is 5.91 Å². The van der Waals surface area contributed by atoms with Gasteiger partial charge in [0.15, 0.2) is 11.5 Å².